The van der Waals surface area contributed by atoms with Gasteiger partial charge in [-0.1, -0.05) is 44.7 Å². The van der Waals surface area contributed by atoms with Crippen LogP contribution < -0.4 is 5.84 Å². The molecule has 2 rings (SSSR count). The Morgan fingerprint density at radius 1 is 1.40 bits per heavy atom. The van der Waals surface area contributed by atoms with Crippen molar-refractivity contribution in [2.75, 3.05) is 12.9 Å². The standard InChI is InChI=1S/C17H24FN5OS/c1-11(25-16-21-20-15(23(16)19)17(2,3)4)14(24)22(5)10-12-7-6-8-13(18)9-12/h6-9,11H,10,19H2,1-5H3. The van der Waals surface area contributed by atoms with Gasteiger partial charge in [-0.05, 0) is 24.6 Å². The van der Waals surface area contributed by atoms with Gasteiger partial charge in [0.2, 0.25) is 11.1 Å². The highest BCUT2D eigenvalue weighted by Gasteiger charge is 2.26. The molecule has 1 aromatic carbocycles. The zero-order chi connectivity index (χ0) is 18.8. The normalized spacial score (nSPS) is 12.9. The molecule has 0 fully saturated rings. The number of carbonyl (C=O) groups is 1. The fourth-order valence-corrected chi connectivity index (χ4v) is 3.26. The third kappa shape index (κ3) is 4.72. The quantitative estimate of drug-likeness (QED) is 0.651. The lowest BCUT2D eigenvalue weighted by atomic mass is 9.96. The summed E-state index contributed by atoms with van der Waals surface area (Å²) in [6.07, 6.45) is 0. The molecule has 136 valence electrons. The molecule has 0 saturated heterocycles. The SMILES string of the molecule is CC(Sc1nnc(C(C)(C)C)n1N)C(=O)N(C)Cc1cccc(F)c1. The summed E-state index contributed by atoms with van der Waals surface area (Å²) in [6.45, 7) is 8.12. The molecule has 1 atom stereocenters. The third-order valence-electron chi connectivity index (χ3n) is 3.65. The average molecular weight is 365 g/mol. The van der Waals surface area contributed by atoms with Crippen LogP contribution in [-0.4, -0.2) is 38.0 Å². The Labute approximate surface area is 151 Å². The van der Waals surface area contributed by atoms with E-state index in [0.717, 1.165) is 5.56 Å². The minimum Gasteiger partial charge on any atom is -0.340 e. The van der Waals surface area contributed by atoms with E-state index in [9.17, 15) is 9.18 Å². The maximum Gasteiger partial charge on any atom is 0.235 e. The molecule has 1 unspecified atom stereocenters. The third-order valence-corrected chi connectivity index (χ3v) is 4.69. The molecular weight excluding hydrogens is 341 g/mol. The predicted octanol–water partition coefficient (Wildman–Crippen LogP) is 2.57. The molecule has 1 aromatic heterocycles. The van der Waals surface area contributed by atoms with Crippen LogP contribution in [0.15, 0.2) is 29.4 Å². The highest BCUT2D eigenvalue weighted by Crippen LogP contribution is 2.26. The number of hydrogen-bond acceptors (Lipinski definition) is 5. The first kappa shape index (κ1) is 19.2. The topological polar surface area (TPSA) is 77.0 Å². The van der Waals surface area contributed by atoms with Crippen LogP contribution in [0.5, 0.6) is 0 Å². The van der Waals surface area contributed by atoms with Gasteiger partial charge in [0.05, 0.1) is 5.25 Å². The van der Waals surface area contributed by atoms with Crippen LogP contribution in [-0.2, 0) is 16.8 Å². The molecule has 8 heteroatoms. The molecular formula is C17H24FN5OS. The molecule has 0 aliphatic rings. The Bertz CT molecular complexity index is 756. The first-order chi connectivity index (χ1) is 11.6. The van der Waals surface area contributed by atoms with E-state index in [1.807, 2.05) is 20.8 Å². The van der Waals surface area contributed by atoms with Crippen molar-refractivity contribution >= 4 is 17.7 Å². The summed E-state index contributed by atoms with van der Waals surface area (Å²) >= 11 is 1.26. The molecule has 0 saturated carbocycles. The molecule has 2 N–H and O–H groups in total. The summed E-state index contributed by atoms with van der Waals surface area (Å²) in [6, 6.07) is 6.22. The molecule has 25 heavy (non-hydrogen) atoms. The predicted molar refractivity (Wildman–Crippen MR) is 97.1 cm³/mol. The number of carbonyl (C=O) groups excluding carboxylic acids is 1. The molecule has 0 spiro atoms. The van der Waals surface area contributed by atoms with Crippen molar-refractivity contribution in [1.29, 1.82) is 0 Å². The number of halogens is 1. The van der Waals surface area contributed by atoms with E-state index in [4.69, 9.17) is 5.84 Å². The summed E-state index contributed by atoms with van der Waals surface area (Å²) in [7, 11) is 1.69. The van der Waals surface area contributed by atoms with Crippen LogP contribution in [0.2, 0.25) is 0 Å². The lowest BCUT2D eigenvalue weighted by Crippen LogP contribution is -2.33. The number of rotatable bonds is 5. The van der Waals surface area contributed by atoms with Crippen LogP contribution >= 0.6 is 11.8 Å². The second kappa shape index (κ2) is 7.43. The van der Waals surface area contributed by atoms with Gasteiger partial charge in [0.15, 0.2) is 5.82 Å². The van der Waals surface area contributed by atoms with Gasteiger partial charge < -0.3 is 10.7 Å². The van der Waals surface area contributed by atoms with Gasteiger partial charge >= 0.3 is 0 Å². The number of nitrogens with zero attached hydrogens (tertiary/aromatic N) is 4. The second-order valence-electron chi connectivity index (χ2n) is 7.01. The van der Waals surface area contributed by atoms with E-state index in [-0.39, 0.29) is 17.1 Å². The monoisotopic (exact) mass is 365 g/mol. The summed E-state index contributed by atoms with van der Waals surface area (Å²) < 4.78 is 14.7. The Hall–Kier alpha value is -2.09. The lowest BCUT2D eigenvalue weighted by Gasteiger charge is -2.21. The van der Waals surface area contributed by atoms with Crippen molar-refractivity contribution in [2.24, 2.45) is 0 Å². The van der Waals surface area contributed by atoms with Crippen LogP contribution in [0.3, 0.4) is 0 Å². The zero-order valence-corrected chi connectivity index (χ0v) is 16.0. The van der Waals surface area contributed by atoms with Gasteiger partial charge in [0.1, 0.15) is 5.82 Å². The van der Waals surface area contributed by atoms with Crippen molar-refractivity contribution in [1.82, 2.24) is 19.8 Å². The Morgan fingerprint density at radius 3 is 2.64 bits per heavy atom. The number of thioether (sulfide) groups is 1. The van der Waals surface area contributed by atoms with E-state index in [0.29, 0.717) is 17.5 Å². The van der Waals surface area contributed by atoms with Crippen LogP contribution in [0, 0.1) is 5.82 Å². The maximum absolute atomic E-state index is 13.3. The molecule has 1 heterocycles. The van der Waals surface area contributed by atoms with Crippen LogP contribution in [0.25, 0.3) is 0 Å². The smallest absolute Gasteiger partial charge is 0.235 e. The number of hydrogen-bond donors (Lipinski definition) is 1. The number of nitrogens with two attached hydrogens (primary N) is 1. The zero-order valence-electron chi connectivity index (χ0n) is 15.2. The first-order valence-electron chi connectivity index (χ1n) is 7.96. The number of amides is 1. The highest BCUT2D eigenvalue weighted by molar-refractivity contribution is 8.00. The average Bonchev–Trinajstić information content (AvgIpc) is 2.87. The Kier molecular flexibility index (Phi) is 5.72. The van der Waals surface area contributed by atoms with Crippen LogP contribution in [0.1, 0.15) is 39.1 Å². The van der Waals surface area contributed by atoms with E-state index in [1.54, 1.807) is 31.0 Å². The van der Waals surface area contributed by atoms with Gasteiger partial charge in [-0.15, -0.1) is 10.2 Å². The molecule has 0 aliphatic heterocycles. The van der Waals surface area contributed by atoms with Crippen molar-refractivity contribution in [3.05, 3.63) is 41.5 Å². The highest BCUT2D eigenvalue weighted by atomic mass is 32.2. The minimum atomic E-state index is -0.391. The summed E-state index contributed by atoms with van der Waals surface area (Å²) in [5, 5.41) is 8.31. The van der Waals surface area contributed by atoms with Gasteiger partial charge in [-0.25, -0.2) is 9.07 Å². The summed E-state index contributed by atoms with van der Waals surface area (Å²) in [4.78, 5) is 14.1. The van der Waals surface area contributed by atoms with Crippen molar-refractivity contribution in [3.8, 4) is 0 Å². The van der Waals surface area contributed by atoms with Gasteiger partial charge in [0, 0.05) is 19.0 Å². The summed E-state index contributed by atoms with van der Waals surface area (Å²) in [5.41, 5.74) is 0.507. The summed E-state index contributed by atoms with van der Waals surface area (Å²) in [5.74, 6) is 6.31. The van der Waals surface area contributed by atoms with E-state index < -0.39 is 5.25 Å². The van der Waals surface area contributed by atoms with Crippen LogP contribution in [0.4, 0.5) is 4.39 Å². The first-order valence-corrected chi connectivity index (χ1v) is 8.84. The molecule has 1 amide bonds. The largest absolute Gasteiger partial charge is 0.340 e. The number of nitrogen functional groups attached to an aromatic ring is 1. The van der Waals surface area contributed by atoms with Crippen molar-refractivity contribution < 1.29 is 9.18 Å². The lowest BCUT2D eigenvalue weighted by molar-refractivity contribution is -0.129. The molecule has 2 aromatic rings. The molecule has 0 aliphatic carbocycles. The molecule has 6 nitrogen and oxygen atoms in total. The number of benzene rings is 1. The fraction of sp³-hybridized carbons (Fsp3) is 0.471. The maximum atomic E-state index is 13.3. The Balaban J connectivity index is 2.04. The van der Waals surface area contributed by atoms with Crippen molar-refractivity contribution in [3.63, 3.8) is 0 Å². The van der Waals surface area contributed by atoms with Gasteiger partial charge in [0.25, 0.3) is 0 Å². The van der Waals surface area contributed by atoms with E-state index in [2.05, 4.69) is 10.2 Å². The van der Waals surface area contributed by atoms with Gasteiger partial charge in [-0.2, -0.15) is 0 Å². The van der Waals surface area contributed by atoms with E-state index >= 15 is 0 Å². The molecule has 0 bridgehead atoms. The van der Waals surface area contributed by atoms with E-state index in [1.165, 1.54) is 28.6 Å². The minimum absolute atomic E-state index is 0.0884. The second-order valence-corrected chi connectivity index (χ2v) is 8.32. The van der Waals surface area contributed by atoms with Gasteiger partial charge in [-0.3, -0.25) is 4.79 Å². The fourth-order valence-electron chi connectivity index (χ4n) is 2.37. The molecule has 0 radical (unpaired) electrons. The Morgan fingerprint density at radius 2 is 2.08 bits per heavy atom. The number of aromatic nitrogens is 3. The van der Waals surface area contributed by atoms with Crippen molar-refractivity contribution in [2.45, 2.75) is 50.1 Å².